The van der Waals surface area contributed by atoms with Crippen LogP contribution in [0.3, 0.4) is 0 Å². The zero-order valence-electron chi connectivity index (χ0n) is 12.1. The lowest BCUT2D eigenvalue weighted by Gasteiger charge is -2.19. The van der Waals surface area contributed by atoms with E-state index in [0.29, 0.717) is 19.1 Å². The van der Waals surface area contributed by atoms with Crippen LogP contribution in [0.25, 0.3) is 0 Å². The number of alkyl halides is 1. The van der Waals surface area contributed by atoms with Crippen LogP contribution in [0.1, 0.15) is 44.3 Å². The lowest BCUT2D eigenvalue weighted by molar-refractivity contribution is -0.0351. The van der Waals surface area contributed by atoms with E-state index in [1.165, 1.54) is 5.01 Å². The van der Waals surface area contributed by atoms with Crippen LogP contribution in [0, 0.1) is 0 Å². The third kappa shape index (κ3) is 8.58. The normalized spacial score (nSPS) is 12.0. The smallest absolute Gasteiger partial charge is 0.0928 e. The molecular formula is C14H24ClNO2S. The number of ether oxygens (including phenoxy) is 2. The molecule has 0 atom stereocenters. The molecule has 0 bridgehead atoms. The summed E-state index contributed by atoms with van der Waals surface area (Å²) in [6, 6.07) is 0. The Kier molecular flexibility index (Phi) is 7.91. The Morgan fingerprint density at radius 2 is 2.00 bits per heavy atom. The summed E-state index contributed by atoms with van der Waals surface area (Å²) in [7, 11) is 0. The Morgan fingerprint density at radius 1 is 1.21 bits per heavy atom. The van der Waals surface area contributed by atoms with Gasteiger partial charge in [-0.2, -0.15) is 0 Å². The first kappa shape index (κ1) is 16.9. The topological polar surface area (TPSA) is 31.4 Å². The van der Waals surface area contributed by atoms with Crippen LogP contribution in [0.15, 0.2) is 5.38 Å². The molecule has 19 heavy (non-hydrogen) atoms. The molecule has 0 aliphatic carbocycles. The van der Waals surface area contributed by atoms with Gasteiger partial charge in [-0.15, -0.1) is 22.9 Å². The Bertz CT molecular complexity index is 349. The molecule has 1 aromatic heterocycles. The fourth-order valence-electron chi connectivity index (χ4n) is 1.51. The van der Waals surface area contributed by atoms with E-state index in [4.69, 9.17) is 21.1 Å². The number of aromatic nitrogens is 1. The van der Waals surface area contributed by atoms with Gasteiger partial charge in [0.2, 0.25) is 0 Å². The molecule has 3 nitrogen and oxygen atoms in total. The molecule has 110 valence electrons. The zero-order valence-corrected chi connectivity index (χ0v) is 13.6. The van der Waals surface area contributed by atoms with E-state index in [9.17, 15) is 0 Å². The number of nitrogens with zero attached hydrogens (tertiary/aromatic N) is 1. The summed E-state index contributed by atoms with van der Waals surface area (Å²) in [5, 5.41) is 3.20. The van der Waals surface area contributed by atoms with Crippen LogP contribution in [-0.4, -0.2) is 30.4 Å². The standard InChI is InChI=1S/C14H24ClNO2S/c1-14(2,3)18-9-8-17-7-5-4-6-13-16-12(10-15)11-19-13/h11H,4-10H2,1-3H3. The van der Waals surface area contributed by atoms with Gasteiger partial charge in [0.25, 0.3) is 0 Å². The van der Waals surface area contributed by atoms with E-state index in [0.717, 1.165) is 31.6 Å². The average molecular weight is 306 g/mol. The van der Waals surface area contributed by atoms with E-state index in [2.05, 4.69) is 25.8 Å². The van der Waals surface area contributed by atoms with Gasteiger partial charge in [0.05, 0.1) is 35.4 Å². The lowest BCUT2D eigenvalue weighted by Crippen LogP contribution is -2.21. The fourth-order valence-corrected chi connectivity index (χ4v) is 2.58. The van der Waals surface area contributed by atoms with Crippen molar-refractivity contribution in [1.82, 2.24) is 4.98 Å². The average Bonchev–Trinajstić information content (AvgIpc) is 2.79. The van der Waals surface area contributed by atoms with Crippen LogP contribution in [0.5, 0.6) is 0 Å². The molecule has 5 heteroatoms. The van der Waals surface area contributed by atoms with E-state index < -0.39 is 0 Å². The molecule has 0 saturated carbocycles. The highest BCUT2D eigenvalue weighted by Gasteiger charge is 2.08. The molecule has 0 N–H and O–H groups in total. The Morgan fingerprint density at radius 3 is 2.63 bits per heavy atom. The zero-order chi connectivity index (χ0) is 14.1. The summed E-state index contributed by atoms with van der Waals surface area (Å²) in [6.07, 6.45) is 3.18. The second-order valence-electron chi connectivity index (χ2n) is 5.40. The van der Waals surface area contributed by atoms with Gasteiger partial charge < -0.3 is 9.47 Å². The third-order valence-electron chi connectivity index (χ3n) is 2.43. The highest BCUT2D eigenvalue weighted by molar-refractivity contribution is 7.09. The second-order valence-corrected chi connectivity index (χ2v) is 6.61. The van der Waals surface area contributed by atoms with Crippen molar-refractivity contribution in [1.29, 1.82) is 0 Å². The first-order valence-corrected chi connectivity index (χ1v) is 8.13. The number of rotatable bonds is 9. The molecule has 0 spiro atoms. The molecule has 0 aliphatic rings. The van der Waals surface area contributed by atoms with Crippen LogP contribution in [-0.2, 0) is 21.8 Å². The van der Waals surface area contributed by atoms with E-state index in [-0.39, 0.29) is 5.60 Å². The monoisotopic (exact) mass is 305 g/mol. The number of aryl methyl sites for hydroxylation is 1. The van der Waals surface area contributed by atoms with E-state index >= 15 is 0 Å². The molecule has 1 rings (SSSR count). The Balaban J connectivity index is 1.94. The lowest BCUT2D eigenvalue weighted by atomic mass is 10.2. The van der Waals surface area contributed by atoms with Gasteiger partial charge >= 0.3 is 0 Å². The predicted octanol–water partition coefficient (Wildman–Crippen LogP) is 4.04. The number of thiazole rings is 1. The van der Waals surface area contributed by atoms with Crippen molar-refractivity contribution < 1.29 is 9.47 Å². The van der Waals surface area contributed by atoms with Crippen LogP contribution >= 0.6 is 22.9 Å². The van der Waals surface area contributed by atoms with Gasteiger partial charge in [-0.25, -0.2) is 4.98 Å². The number of hydrogen-bond donors (Lipinski definition) is 0. The molecule has 0 aliphatic heterocycles. The highest BCUT2D eigenvalue weighted by Crippen LogP contribution is 2.14. The molecule has 0 unspecified atom stereocenters. The SMILES string of the molecule is CC(C)(C)OCCOCCCCc1nc(CCl)cs1. The van der Waals surface area contributed by atoms with Crippen LogP contribution in [0.4, 0.5) is 0 Å². The minimum absolute atomic E-state index is 0.0751. The first-order valence-electron chi connectivity index (χ1n) is 6.72. The second kappa shape index (κ2) is 8.90. The Labute approximate surface area is 125 Å². The van der Waals surface area contributed by atoms with Crippen molar-refractivity contribution in [3.05, 3.63) is 16.1 Å². The summed E-state index contributed by atoms with van der Waals surface area (Å²) in [5.74, 6) is 0.507. The summed E-state index contributed by atoms with van der Waals surface area (Å²) < 4.78 is 11.1. The van der Waals surface area contributed by atoms with Gasteiger partial charge in [-0.3, -0.25) is 0 Å². The molecule has 0 aromatic carbocycles. The van der Waals surface area contributed by atoms with Crippen LogP contribution < -0.4 is 0 Å². The van der Waals surface area contributed by atoms with Crippen LogP contribution in [0.2, 0.25) is 0 Å². The summed E-state index contributed by atoms with van der Waals surface area (Å²) >= 11 is 7.41. The molecule has 1 heterocycles. The minimum Gasteiger partial charge on any atom is -0.379 e. The van der Waals surface area contributed by atoms with Gasteiger partial charge in [-0.1, -0.05) is 0 Å². The number of unbranched alkanes of at least 4 members (excludes halogenated alkanes) is 1. The molecule has 0 fully saturated rings. The summed E-state index contributed by atoms with van der Waals surface area (Å²) in [4.78, 5) is 4.43. The van der Waals surface area contributed by atoms with Gasteiger partial charge in [0.15, 0.2) is 0 Å². The van der Waals surface area contributed by atoms with Gasteiger partial charge in [0.1, 0.15) is 0 Å². The Hall–Kier alpha value is -0.160. The molecule has 0 radical (unpaired) electrons. The largest absolute Gasteiger partial charge is 0.379 e. The maximum Gasteiger partial charge on any atom is 0.0928 e. The van der Waals surface area contributed by atoms with Crippen molar-refractivity contribution in [2.45, 2.75) is 51.5 Å². The molecule has 0 amide bonds. The van der Waals surface area contributed by atoms with Gasteiger partial charge in [0, 0.05) is 12.0 Å². The summed E-state index contributed by atoms with van der Waals surface area (Å²) in [6.45, 7) is 8.28. The van der Waals surface area contributed by atoms with Crippen molar-refractivity contribution >= 4 is 22.9 Å². The minimum atomic E-state index is -0.0751. The van der Waals surface area contributed by atoms with E-state index in [1.807, 2.05) is 5.38 Å². The number of hydrogen-bond acceptors (Lipinski definition) is 4. The first-order chi connectivity index (χ1) is 9.01. The fraction of sp³-hybridized carbons (Fsp3) is 0.786. The molecule has 1 aromatic rings. The molecule has 0 saturated heterocycles. The maximum atomic E-state index is 5.72. The molecular weight excluding hydrogens is 282 g/mol. The van der Waals surface area contributed by atoms with Crippen molar-refractivity contribution in [3.8, 4) is 0 Å². The summed E-state index contributed by atoms with van der Waals surface area (Å²) in [5.41, 5.74) is 0.908. The quantitative estimate of drug-likeness (QED) is 0.510. The van der Waals surface area contributed by atoms with E-state index in [1.54, 1.807) is 11.3 Å². The van der Waals surface area contributed by atoms with Crippen molar-refractivity contribution in [2.75, 3.05) is 19.8 Å². The van der Waals surface area contributed by atoms with Crippen molar-refractivity contribution in [3.63, 3.8) is 0 Å². The predicted molar refractivity (Wildman–Crippen MR) is 81.1 cm³/mol. The van der Waals surface area contributed by atoms with Gasteiger partial charge in [-0.05, 0) is 40.0 Å². The van der Waals surface area contributed by atoms with Crippen molar-refractivity contribution in [2.24, 2.45) is 0 Å². The maximum absolute atomic E-state index is 5.72. The third-order valence-corrected chi connectivity index (χ3v) is 3.66. The highest BCUT2D eigenvalue weighted by atomic mass is 35.5. The number of halogens is 1.